The van der Waals surface area contributed by atoms with Gasteiger partial charge in [0.2, 0.25) is 0 Å². The average Bonchev–Trinajstić information content (AvgIpc) is 3.05. The number of fused-ring (bicyclic) bond motifs is 5. The quantitative estimate of drug-likeness (QED) is 0.533. The van der Waals surface area contributed by atoms with Gasteiger partial charge in [-0.1, -0.05) is 44.1 Å². The second kappa shape index (κ2) is 8.15. The van der Waals surface area contributed by atoms with Crippen molar-refractivity contribution in [1.82, 2.24) is 0 Å². The van der Waals surface area contributed by atoms with Crippen molar-refractivity contribution >= 4 is 0 Å². The van der Waals surface area contributed by atoms with Crippen molar-refractivity contribution in [3.8, 4) is 0 Å². The van der Waals surface area contributed by atoms with E-state index in [0.717, 1.165) is 54.4 Å². The van der Waals surface area contributed by atoms with Crippen molar-refractivity contribution in [2.24, 2.45) is 40.4 Å². The fraction of sp³-hybridized carbons (Fsp3) is 0.852. The van der Waals surface area contributed by atoms with Gasteiger partial charge in [-0.2, -0.15) is 0 Å². The van der Waals surface area contributed by atoms with Crippen LogP contribution in [-0.2, 0) is 0 Å². The normalized spacial score (nSPS) is 45.8. The average molecular weight is 401 g/mol. The van der Waals surface area contributed by atoms with Crippen molar-refractivity contribution < 1.29 is 10.2 Å². The van der Waals surface area contributed by atoms with Crippen LogP contribution in [0.5, 0.6) is 0 Å². The van der Waals surface area contributed by atoms with Crippen molar-refractivity contribution in [1.29, 1.82) is 0 Å². The zero-order valence-electron chi connectivity index (χ0n) is 19.3. The van der Waals surface area contributed by atoms with Crippen LogP contribution in [0.15, 0.2) is 23.3 Å². The van der Waals surface area contributed by atoms with E-state index in [1.165, 1.54) is 44.9 Å². The Labute approximate surface area is 178 Å². The molecule has 0 spiro atoms. The standard InChI is InChI=1S/C27H44O2/c1-18(17-28)6-5-7-19(2)23-10-11-24-22-9-8-20-16-21(29)12-14-26(20,3)25(22)13-15-27(23,24)4/h6,8,19,21-25,28-29H,5,7,9-17H2,1-4H3/t19-,21-,22+,23-,24+,25+,26+,27-/m1/s1. The highest BCUT2D eigenvalue weighted by Crippen LogP contribution is 2.67. The number of hydrogen-bond donors (Lipinski definition) is 2. The maximum absolute atomic E-state index is 10.2. The molecule has 0 bridgehead atoms. The third-order valence-corrected chi connectivity index (χ3v) is 10.2. The zero-order chi connectivity index (χ0) is 20.8. The van der Waals surface area contributed by atoms with Gasteiger partial charge in [-0.3, -0.25) is 0 Å². The first-order valence-corrected chi connectivity index (χ1v) is 12.4. The summed E-state index contributed by atoms with van der Waals surface area (Å²) in [6.45, 7) is 9.91. The first-order valence-electron chi connectivity index (χ1n) is 12.4. The summed E-state index contributed by atoms with van der Waals surface area (Å²) in [7, 11) is 0. The number of rotatable bonds is 5. The summed E-state index contributed by atoms with van der Waals surface area (Å²) in [4.78, 5) is 0. The molecule has 0 aliphatic heterocycles. The molecule has 2 heteroatoms. The fourth-order valence-electron chi connectivity index (χ4n) is 8.48. The highest BCUT2D eigenvalue weighted by Gasteiger charge is 2.59. The van der Waals surface area contributed by atoms with Gasteiger partial charge < -0.3 is 10.2 Å². The van der Waals surface area contributed by atoms with E-state index in [9.17, 15) is 10.2 Å². The van der Waals surface area contributed by atoms with E-state index in [1.807, 2.05) is 6.92 Å². The highest BCUT2D eigenvalue weighted by atomic mass is 16.3. The summed E-state index contributed by atoms with van der Waals surface area (Å²) < 4.78 is 0. The van der Waals surface area contributed by atoms with E-state index < -0.39 is 0 Å². The van der Waals surface area contributed by atoms with Crippen LogP contribution in [0.1, 0.15) is 91.9 Å². The van der Waals surface area contributed by atoms with Crippen LogP contribution >= 0.6 is 0 Å². The van der Waals surface area contributed by atoms with Gasteiger partial charge in [-0.25, -0.2) is 0 Å². The van der Waals surface area contributed by atoms with Crippen LogP contribution in [-0.4, -0.2) is 22.9 Å². The van der Waals surface area contributed by atoms with Crippen LogP contribution in [0.25, 0.3) is 0 Å². The number of aliphatic hydroxyl groups excluding tert-OH is 2. The Morgan fingerprint density at radius 3 is 2.72 bits per heavy atom. The Balaban J connectivity index is 1.48. The smallest absolute Gasteiger partial charge is 0.0639 e. The van der Waals surface area contributed by atoms with Crippen molar-refractivity contribution in [2.75, 3.05) is 6.61 Å². The van der Waals surface area contributed by atoms with Gasteiger partial charge in [0.15, 0.2) is 0 Å². The molecule has 164 valence electrons. The summed E-state index contributed by atoms with van der Waals surface area (Å²) in [5.41, 5.74) is 3.59. The first kappa shape index (κ1) is 21.6. The molecule has 3 fully saturated rings. The third-order valence-electron chi connectivity index (χ3n) is 10.2. The summed E-state index contributed by atoms with van der Waals surface area (Å²) in [5.74, 6) is 4.25. The number of allylic oxidation sites excluding steroid dienone is 2. The molecule has 4 aliphatic carbocycles. The molecule has 3 saturated carbocycles. The van der Waals surface area contributed by atoms with E-state index in [4.69, 9.17) is 0 Å². The second-order valence-corrected chi connectivity index (χ2v) is 11.6. The van der Waals surface area contributed by atoms with Crippen LogP contribution in [0.4, 0.5) is 0 Å². The Morgan fingerprint density at radius 2 is 1.97 bits per heavy atom. The lowest BCUT2D eigenvalue weighted by molar-refractivity contribution is -0.0571. The van der Waals surface area contributed by atoms with Gasteiger partial charge in [0.1, 0.15) is 0 Å². The van der Waals surface area contributed by atoms with Gasteiger partial charge in [0, 0.05) is 0 Å². The minimum absolute atomic E-state index is 0.0973. The maximum Gasteiger partial charge on any atom is 0.0639 e. The van der Waals surface area contributed by atoms with E-state index in [0.29, 0.717) is 10.8 Å². The zero-order valence-corrected chi connectivity index (χ0v) is 19.3. The topological polar surface area (TPSA) is 40.5 Å². The molecule has 0 aromatic rings. The Bertz CT molecular complexity index is 663. The lowest BCUT2D eigenvalue weighted by atomic mass is 9.47. The van der Waals surface area contributed by atoms with Gasteiger partial charge in [-0.15, -0.1) is 0 Å². The Morgan fingerprint density at radius 1 is 1.17 bits per heavy atom. The molecule has 4 rings (SSSR count). The van der Waals surface area contributed by atoms with Gasteiger partial charge in [0.25, 0.3) is 0 Å². The van der Waals surface area contributed by atoms with Crippen LogP contribution in [0.2, 0.25) is 0 Å². The first-order chi connectivity index (χ1) is 13.8. The Hall–Kier alpha value is -0.600. The van der Waals surface area contributed by atoms with Gasteiger partial charge in [0.05, 0.1) is 12.7 Å². The predicted molar refractivity (Wildman–Crippen MR) is 120 cm³/mol. The molecule has 8 atom stereocenters. The minimum Gasteiger partial charge on any atom is -0.393 e. The SMILES string of the molecule is CC(=CCC[C@@H](C)[C@H]1CC[C@H]2[C@@H]3CC=C4C[C@H](O)CC[C@]4(C)[C@H]3CC[C@]12C)CO. The molecule has 0 unspecified atom stereocenters. The molecule has 0 heterocycles. The summed E-state index contributed by atoms with van der Waals surface area (Å²) in [6.07, 6.45) is 17.1. The maximum atomic E-state index is 10.2. The molecular formula is C27H44O2. The molecule has 0 amide bonds. The fourth-order valence-corrected chi connectivity index (χ4v) is 8.48. The van der Waals surface area contributed by atoms with Crippen molar-refractivity contribution in [3.05, 3.63) is 23.3 Å². The lowest BCUT2D eigenvalue weighted by Crippen LogP contribution is -2.50. The monoisotopic (exact) mass is 400 g/mol. The molecular weight excluding hydrogens is 356 g/mol. The molecule has 29 heavy (non-hydrogen) atoms. The van der Waals surface area contributed by atoms with E-state index >= 15 is 0 Å². The van der Waals surface area contributed by atoms with E-state index in [2.05, 4.69) is 32.9 Å². The Kier molecular flexibility index (Phi) is 6.08. The summed E-state index contributed by atoms with van der Waals surface area (Å²) in [5, 5.41) is 19.5. The lowest BCUT2D eigenvalue weighted by Gasteiger charge is -2.58. The second-order valence-electron chi connectivity index (χ2n) is 11.6. The summed E-state index contributed by atoms with van der Waals surface area (Å²) in [6, 6.07) is 0. The summed E-state index contributed by atoms with van der Waals surface area (Å²) >= 11 is 0. The van der Waals surface area contributed by atoms with Crippen LogP contribution in [0, 0.1) is 40.4 Å². The molecule has 2 nitrogen and oxygen atoms in total. The third kappa shape index (κ3) is 3.67. The van der Waals surface area contributed by atoms with Crippen molar-refractivity contribution in [3.63, 3.8) is 0 Å². The van der Waals surface area contributed by atoms with E-state index in [-0.39, 0.29) is 12.7 Å². The molecule has 0 aromatic heterocycles. The highest BCUT2D eigenvalue weighted by molar-refractivity contribution is 5.25. The molecule has 4 aliphatic rings. The van der Waals surface area contributed by atoms with Crippen LogP contribution in [0.3, 0.4) is 0 Å². The predicted octanol–water partition coefficient (Wildman–Crippen LogP) is 6.28. The van der Waals surface area contributed by atoms with Crippen LogP contribution < -0.4 is 0 Å². The largest absolute Gasteiger partial charge is 0.393 e. The molecule has 0 radical (unpaired) electrons. The van der Waals surface area contributed by atoms with E-state index in [1.54, 1.807) is 5.57 Å². The minimum atomic E-state index is -0.0973. The van der Waals surface area contributed by atoms with Crippen molar-refractivity contribution in [2.45, 2.75) is 98.0 Å². The molecule has 2 N–H and O–H groups in total. The van der Waals surface area contributed by atoms with Gasteiger partial charge in [-0.05, 0) is 112 Å². The number of aliphatic hydroxyl groups is 2. The number of hydrogen-bond acceptors (Lipinski definition) is 2. The molecule has 0 saturated heterocycles. The van der Waals surface area contributed by atoms with Gasteiger partial charge >= 0.3 is 0 Å². The molecule has 0 aromatic carbocycles.